The standard InChI is InChI=1S/C18H16FNO4/c19-14-6-7-15-13(10-14)8-9-20(16(15)17(21)22)18(23)24-11-12-4-2-1-3-5-12/h1-7,10,16H,8-9,11H2,(H,21,22)/t16-/m1/s1. The summed E-state index contributed by atoms with van der Waals surface area (Å²) in [6.07, 6.45) is -0.307. The fourth-order valence-corrected chi connectivity index (χ4v) is 2.86. The van der Waals surface area contributed by atoms with Gasteiger partial charge in [-0.3, -0.25) is 4.90 Å². The zero-order valence-corrected chi connectivity index (χ0v) is 12.8. The van der Waals surface area contributed by atoms with Gasteiger partial charge in [0.2, 0.25) is 0 Å². The molecule has 0 spiro atoms. The number of ether oxygens (including phenoxy) is 1. The van der Waals surface area contributed by atoms with Gasteiger partial charge in [-0.1, -0.05) is 36.4 Å². The molecule has 0 fully saturated rings. The molecule has 0 radical (unpaired) electrons. The fraction of sp³-hybridized carbons (Fsp3) is 0.222. The van der Waals surface area contributed by atoms with Crippen molar-refractivity contribution in [2.24, 2.45) is 0 Å². The molecule has 3 rings (SSSR count). The third-order valence-electron chi connectivity index (χ3n) is 4.01. The average Bonchev–Trinajstić information content (AvgIpc) is 2.59. The Hall–Kier alpha value is -2.89. The molecule has 1 aliphatic heterocycles. The number of carboxylic acid groups (broad SMARTS) is 1. The molecule has 0 aromatic heterocycles. The number of nitrogens with zero attached hydrogens (tertiary/aromatic N) is 1. The van der Waals surface area contributed by atoms with Gasteiger partial charge < -0.3 is 9.84 Å². The number of carbonyl (C=O) groups is 2. The number of rotatable bonds is 3. The number of aliphatic carboxylic acids is 1. The molecular formula is C18H16FNO4. The molecule has 1 amide bonds. The Morgan fingerprint density at radius 3 is 2.67 bits per heavy atom. The Labute approximate surface area is 138 Å². The maximum absolute atomic E-state index is 13.3. The van der Waals surface area contributed by atoms with Crippen molar-refractivity contribution >= 4 is 12.1 Å². The van der Waals surface area contributed by atoms with Crippen LogP contribution in [0.2, 0.25) is 0 Å². The normalized spacial score (nSPS) is 16.4. The molecule has 1 atom stereocenters. The van der Waals surface area contributed by atoms with Crippen molar-refractivity contribution in [1.82, 2.24) is 4.90 Å². The third-order valence-corrected chi connectivity index (χ3v) is 4.01. The van der Waals surface area contributed by atoms with Crippen LogP contribution in [0.3, 0.4) is 0 Å². The predicted molar refractivity (Wildman–Crippen MR) is 83.8 cm³/mol. The molecule has 1 N–H and O–H groups in total. The first-order valence-electron chi connectivity index (χ1n) is 7.54. The summed E-state index contributed by atoms with van der Waals surface area (Å²) in [5, 5.41) is 9.52. The van der Waals surface area contributed by atoms with E-state index < -0.39 is 23.9 Å². The molecule has 1 heterocycles. The van der Waals surface area contributed by atoms with E-state index in [1.165, 1.54) is 23.1 Å². The highest BCUT2D eigenvalue weighted by Crippen LogP contribution is 2.31. The fourth-order valence-electron chi connectivity index (χ4n) is 2.86. The molecular weight excluding hydrogens is 313 g/mol. The first-order chi connectivity index (χ1) is 11.6. The number of carboxylic acids is 1. The molecule has 124 valence electrons. The van der Waals surface area contributed by atoms with E-state index in [0.29, 0.717) is 17.5 Å². The van der Waals surface area contributed by atoms with Crippen LogP contribution in [0.15, 0.2) is 48.5 Å². The Bertz CT molecular complexity index is 763. The predicted octanol–water partition coefficient (Wildman–Crippen LogP) is 3.15. The maximum atomic E-state index is 13.3. The van der Waals surface area contributed by atoms with Crippen molar-refractivity contribution < 1.29 is 23.8 Å². The van der Waals surface area contributed by atoms with E-state index in [1.807, 2.05) is 30.3 Å². The summed E-state index contributed by atoms with van der Waals surface area (Å²) in [5.41, 5.74) is 1.85. The highest BCUT2D eigenvalue weighted by atomic mass is 19.1. The van der Waals surface area contributed by atoms with E-state index in [1.54, 1.807) is 0 Å². The van der Waals surface area contributed by atoms with Crippen LogP contribution in [-0.4, -0.2) is 28.6 Å². The van der Waals surface area contributed by atoms with Crippen LogP contribution in [0.5, 0.6) is 0 Å². The van der Waals surface area contributed by atoms with Gasteiger partial charge in [-0.25, -0.2) is 14.0 Å². The van der Waals surface area contributed by atoms with Gasteiger partial charge in [-0.05, 0) is 35.2 Å². The lowest BCUT2D eigenvalue weighted by Gasteiger charge is -2.33. The number of carbonyl (C=O) groups excluding carboxylic acids is 1. The van der Waals surface area contributed by atoms with Crippen LogP contribution in [0, 0.1) is 5.82 Å². The van der Waals surface area contributed by atoms with Gasteiger partial charge in [0.1, 0.15) is 12.4 Å². The highest BCUT2D eigenvalue weighted by molar-refractivity contribution is 5.82. The molecule has 2 aromatic rings. The van der Waals surface area contributed by atoms with Crippen molar-refractivity contribution in [3.05, 3.63) is 71.0 Å². The van der Waals surface area contributed by atoms with Gasteiger partial charge in [0.05, 0.1) is 0 Å². The van der Waals surface area contributed by atoms with Crippen LogP contribution in [0.25, 0.3) is 0 Å². The van der Waals surface area contributed by atoms with Gasteiger partial charge in [0.25, 0.3) is 0 Å². The van der Waals surface area contributed by atoms with Gasteiger partial charge in [0, 0.05) is 6.54 Å². The number of hydrogen-bond acceptors (Lipinski definition) is 3. The zero-order valence-electron chi connectivity index (χ0n) is 12.8. The summed E-state index contributed by atoms with van der Waals surface area (Å²) in [7, 11) is 0. The number of benzene rings is 2. The first kappa shape index (κ1) is 16.0. The summed E-state index contributed by atoms with van der Waals surface area (Å²) in [6.45, 7) is 0.236. The van der Waals surface area contributed by atoms with Crippen LogP contribution in [0.4, 0.5) is 9.18 Å². The minimum atomic E-state index is -1.17. The molecule has 0 unspecified atom stereocenters. The lowest BCUT2D eigenvalue weighted by atomic mass is 9.93. The van der Waals surface area contributed by atoms with Crippen molar-refractivity contribution in [2.75, 3.05) is 6.54 Å². The summed E-state index contributed by atoms with van der Waals surface area (Å²) in [6, 6.07) is 11.9. The lowest BCUT2D eigenvalue weighted by Crippen LogP contribution is -2.43. The molecule has 5 nitrogen and oxygen atoms in total. The minimum Gasteiger partial charge on any atom is -0.479 e. The number of amides is 1. The highest BCUT2D eigenvalue weighted by Gasteiger charge is 2.37. The van der Waals surface area contributed by atoms with Crippen molar-refractivity contribution in [3.63, 3.8) is 0 Å². The van der Waals surface area contributed by atoms with E-state index in [-0.39, 0.29) is 13.2 Å². The van der Waals surface area contributed by atoms with Crippen molar-refractivity contribution in [3.8, 4) is 0 Å². The van der Waals surface area contributed by atoms with Crippen LogP contribution in [-0.2, 0) is 22.6 Å². The van der Waals surface area contributed by atoms with Crippen molar-refractivity contribution in [2.45, 2.75) is 19.1 Å². The van der Waals surface area contributed by atoms with Gasteiger partial charge in [-0.15, -0.1) is 0 Å². The summed E-state index contributed by atoms with van der Waals surface area (Å²) >= 11 is 0. The van der Waals surface area contributed by atoms with E-state index in [0.717, 1.165) is 5.56 Å². The first-order valence-corrected chi connectivity index (χ1v) is 7.54. The zero-order chi connectivity index (χ0) is 17.1. The quantitative estimate of drug-likeness (QED) is 0.939. The van der Waals surface area contributed by atoms with Gasteiger partial charge >= 0.3 is 12.1 Å². The largest absolute Gasteiger partial charge is 0.479 e. The maximum Gasteiger partial charge on any atom is 0.411 e. The average molecular weight is 329 g/mol. The second-order valence-corrected chi connectivity index (χ2v) is 5.57. The SMILES string of the molecule is O=C(O)[C@H]1c2ccc(F)cc2CCN1C(=O)OCc1ccccc1. The van der Waals surface area contributed by atoms with E-state index in [4.69, 9.17) is 4.74 Å². The lowest BCUT2D eigenvalue weighted by molar-refractivity contribution is -0.143. The van der Waals surface area contributed by atoms with Gasteiger partial charge in [0.15, 0.2) is 6.04 Å². The second kappa shape index (κ2) is 6.70. The molecule has 24 heavy (non-hydrogen) atoms. The Balaban J connectivity index is 1.78. The molecule has 0 saturated carbocycles. The molecule has 6 heteroatoms. The summed E-state index contributed by atoms with van der Waals surface area (Å²) < 4.78 is 18.6. The second-order valence-electron chi connectivity index (χ2n) is 5.57. The Kier molecular flexibility index (Phi) is 4.46. The number of halogens is 1. The third kappa shape index (κ3) is 3.22. The van der Waals surface area contributed by atoms with E-state index in [2.05, 4.69) is 0 Å². The van der Waals surface area contributed by atoms with Crippen LogP contribution >= 0.6 is 0 Å². The molecule has 0 saturated heterocycles. The summed E-state index contributed by atoms with van der Waals surface area (Å²) in [4.78, 5) is 25.1. The Morgan fingerprint density at radius 2 is 1.96 bits per heavy atom. The topological polar surface area (TPSA) is 66.8 Å². The molecule has 2 aromatic carbocycles. The van der Waals surface area contributed by atoms with Crippen molar-refractivity contribution in [1.29, 1.82) is 0 Å². The van der Waals surface area contributed by atoms with Crippen LogP contribution in [0.1, 0.15) is 22.7 Å². The Morgan fingerprint density at radius 1 is 1.21 bits per heavy atom. The summed E-state index contributed by atoms with van der Waals surface area (Å²) in [5.74, 6) is -1.59. The van der Waals surface area contributed by atoms with E-state index in [9.17, 15) is 19.1 Å². The van der Waals surface area contributed by atoms with E-state index >= 15 is 0 Å². The molecule has 0 bridgehead atoms. The number of fused-ring (bicyclic) bond motifs is 1. The number of hydrogen-bond donors (Lipinski definition) is 1. The van der Waals surface area contributed by atoms with Gasteiger partial charge in [-0.2, -0.15) is 0 Å². The van der Waals surface area contributed by atoms with Crippen LogP contribution < -0.4 is 0 Å². The minimum absolute atomic E-state index is 0.0682. The molecule has 1 aliphatic rings. The molecule has 0 aliphatic carbocycles. The monoisotopic (exact) mass is 329 g/mol. The smallest absolute Gasteiger partial charge is 0.411 e.